The van der Waals surface area contributed by atoms with Gasteiger partial charge in [-0.3, -0.25) is 4.79 Å². The van der Waals surface area contributed by atoms with Gasteiger partial charge in [0.25, 0.3) is 0 Å². The maximum absolute atomic E-state index is 12.6. The lowest BCUT2D eigenvalue weighted by Gasteiger charge is -2.29. The molecule has 2 atom stereocenters. The minimum atomic E-state index is 0.340. The van der Waals surface area contributed by atoms with Crippen LogP contribution in [0.15, 0.2) is 24.3 Å². The molecule has 1 N–H and O–H groups in total. The summed E-state index contributed by atoms with van der Waals surface area (Å²) in [6, 6.07) is 9.48. The Hall–Kier alpha value is -1.35. The molecule has 1 aromatic rings. The third-order valence-corrected chi connectivity index (χ3v) is 4.89. The van der Waals surface area contributed by atoms with Crippen molar-refractivity contribution in [1.29, 1.82) is 0 Å². The highest BCUT2D eigenvalue weighted by Gasteiger charge is 2.35. The minimum Gasteiger partial charge on any atom is -0.338 e. The van der Waals surface area contributed by atoms with E-state index in [1.54, 1.807) is 0 Å². The third kappa shape index (κ3) is 3.46. The number of hydrogen-bond donors (Lipinski definition) is 1. The van der Waals surface area contributed by atoms with Crippen molar-refractivity contribution in [3.63, 3.8) is 0 Å². The van der Waals surface area contributed by atoms with E-state index in [1.807, 2.05) is 0 Å². The lowest BCUT2D eigenvalue weighted by atomic mass is 10.0. The van der Waals surface area contributed by atoms with Gasteiger partial charge in [-0.1, -0.05) is 29.8 Å². The van der Waals surface area contributed by atoms with Gasteiger partial charge in [0.15, 0.2) is 0 Å². The summed E-state index contributed by atoms with van der Waals surface area (Å²) in [5, 5.41) is 3.57. The highest BCUT2D eigenvalue weighted by atomic mass is 16.2. The van der Waals surface area contributed by atoms with Crippen LogP contribution in [0.1, 0.15) is 43.2 Å². The normalized spacial score (nSPS) is 25.5. The fourth-order valence-corrected chi connectivity index (χ4v) is 3.82. The molecule has 2 heterocycles. The number of amides is 1. The fourth-order valence-electron chi connectivity index (χ4n) is 3.82. The zero-order valence-electron chi connectivity index (χ0n) is 13.0. The van der Waals surface area contributed by atoms with Gasteiger partial charge in [0.2, 0.25) is 5.91 Å². The summed E-state index contributed by atoms with van der Waals surface area (Å²) in [6.07, 6.45) is 6.33. The fraction of sp³-hybridized carbons (Fsp3) is 0.611. The molecule has 3 heteroatoms. The van der Waals surface area contributed by atoms with Crippen LogP contribution >= 0.6 is 0 Å². The molecule has 2 saturated heterocycles. The van der Waals surface area contributed by atoms with Crippen molar-refractivity contribution in [2.75, 3.05) is 13.1 Å². The van der Waals surface area contributed by atoms with Crippen LogP contribution in [0.5, 0.6) is 0 Å². The molecule has 1 amide bonds. The summed E-state index contributed by atoms with van der Waals surface area (Å²) >= 11 is 0. The molecule has 1 aromatic carbocycles. The molecule has 3 rings (SSSR count). The second-order valence-electron chi connectivity index (χ2n) is 6.49. The smallest absolute Gasteiger partial charge is 0.223 e. The molecule has 2 aliphatic heterocycles. The van der Waals surface area contributed by atoms with E-state index in [9.17, 15) is 4.79 Å². The third-order valence-electron chi connectivity index (χ3n) is 4.89. The average Bonchev–Trinajstić information content (AvgIpc) is 3.14. The topological polar surface area (TPSA) is 32.3 Å². The molecule has 0 spiro atoms. The van der Waals surface area contributed by atoms with Crippen molar-refractivity contribution < 1.29 is 4.79 Å². The summed E-state index contributed by atoms with van der Waals surface area (Å²) in [6.45, 7) is 4.18. The standard InChI is InChI=1S/C18H26N2O/c1-14-5-2-6-15(13-14)9-10-18(21)20-12-4-8-17(20)16-7-3-11-19-16/h2,5-6,13,16-17,19H,3-4,7-12H2,1H3. The summed E-state index contributed by atoms with van der Waals surface area (Å²) in [4.78, 5) is 14.7. The van der Waals surface area contributed by atoms with Crippen LogP contribution in [-0.2, 0) is 11.2 Å². The van der Waals surface area contributed by atoms with Gasteiger partial charge in [0.05, 0.1) is 0 Å². The molecule has 0 aliphatic carbocycles. The summed E-state index contributed by atoms with van der Waals surface area (Å²) in [5.41, 5.74) is 2.55. The number of rotatable bonds is 4. The maximum Gasteiger partial charge on any atom is 0.223 e. The predicted octanol–water partition coefficient (Wildman–Crippen LogP) is 2.67. The highest BCUT2D eigenvalue weighted by molar-refractivity contribution is 5.77. The Bertz CT molecular complexity index is 494. The van der Waals surface area contributed by atoms with Gasteiger partial charge >= 0.3 is 0 Å². The molecule has 2 fully saturated rings. The first kappa shape index (κ1) is 14.6. The largest absolute Gasteiger partial charge is 0.338 e. The zero-order valence-corrected chi connectivity index (χ0v) is 13.0. The number of likely N-dealkylation sites (tertiary alicyclic amines) is 1. The Kier molecular flexibility index (Phi) is 4.59. The number of carbonyl (C=O) groups is 1. The predicted molar refractivity (Wildman–Crippen MR) is 85.3 cm³/mol. The van der Waals surface area contributed by atoms with E-state index in [0.717, 1.165) is 19.5 Å². The van der Waals surface area contributed by atoms with Crippen LogP contribution in [0, 0.1) is 6.92 Å². The van der Waals surface area contributed by atoms with Crippen LogP contribution in [0.3, 0.4) is 0 Å². The second kappa shape index (κ2) is 6.61. The highest BCUT2D eigenvalue weighted by Crippen LogP contribution is 2.25. The number of hydrogen-bond acceptors (Lipinski definition) is 2. The van der Waals surface area contributed by atoms with Crippen LogP contribution in [0.4, 0.5) is 0 Å². The Balaban J connectivity index is 1.56. The van der Waals surface area contributed by atoms with Gasteiger partial charge < -0.3 is 10.2 Å². The van der Waals surface area contributed by atoms with Crippen molar-refractivity contribution in [2.45, 2.75) is 57.5 Å². The monoisotopic (exact) mass is 286 g/mol. The quantitative estimate of drug-likeness (QED) is 0.923. The van der Waals surface area contributed by atoms with E-state index in [4.69, 9.17) is 0 Å². The van der Waals surface area contributed by atoms with E-state index in [-0.39, 0.29) is 0 Å². The summed E-state index contributed by atoms with van der Waals surface area (Å²) in [5.74, 6) is 0.340. The van der Waals surface area contributed by atoms with Crippen LogP contribution in [-0.4, -0.2) is 36.0 Å². The van der Waals surface area contributed by atoms with Gasteiger partial charge in [0.1, 0.15) is 0 Å². The molecule has 2 aliphatic rings. The van der Waals surface area contributed by atoms with Gasteiger partial charge in [-0.15, -0.1) is 0 Å². The van der Waals surface area contributed by atoms with Gasteiger partial charge in [-0.2, -0.15) is 0 Å². The van der Waals surface area contributed by atoms with Gasteiger partial charge in [-0.25, -0.2) is 0 Å². The number of nitrogens with one attached hydrogen (secondary N) is 1. The zero-order chi connectivity index (χ0) is 14.7. The lowest BCUT2D eigenvalue weighted by Crippen LogP contribution is -2.46. The SMILES string of the molecule is Cc1cccc(CCC(=O)N2CCCC2C2CCCN2)c1. The number of benzene rings is 1. The first-order chi connectivity index (χ1) is 10.2. The first-order valence-electron chi connectivity index (χ1n) is 8.32. The molecule has 2 unspecified atom stereocenters. The first-order valence-corrected chi connectivity index (χ1v) is 8.32. The molecule has 3 nitrogen and oxygen atoms in total. The van der Waals surface area contributed by atoms with E-state index in [1.165, 1.54) is 36.8 Å². The van der Waals surface area contributed by atoms with Crippen LogP contribution in [0.2, 0.25) is 0 Å². The van der Waals surface area contributed by atoms with Crippen molar-refractivity contribution in [3.05, 3.63) is 35.4 Å². The Morgan fingerprint density at radius 3 is 3.00 bits per heavy atom. The molecular formula is C18H26N2O. The molecule has 0 aromatic heterocycles. The number of aryl methyl sites for hydroxylation is 2. The van der Waals surface area contributed by atoms with Gasteiger partial charge in [-0.05, 0) is 51.1 Å². The maximum atomic E-state index is 12.6. The van der Waals surface area contributed by atoms with Crippen LogP contribution in [0.25, 0.3) is 0 Å². The van der Waals surface area contributed by atoms with Crippen molar-refractivity contribution in [2.24, 2.45) is 0 Å². The van der Waals surface area contributed by atoms with E-state index in [2.05, 4.69) is 41.4 Å². The molecule has 0 saturated carbocycles. The van der Waals surface area contributed by atoms with E-state index >= 15 is 0 Å². The Morgan fingerprint density at radius 2 is 2.24 bits per heavy atom. The van der Waals surface area contributed by atoms with E-state index < -0.39 is 0 Å². The lowest BCUT2D eigenvalue weighted by molar-refractivity contribution is -0.132. The average molecular weight is 286 g/mol. The minimum absolute atomic E-state index is 0.340. The van der Waals surface area contributed by atoms with Crippen molar-refractivity contribution in [3.8, 4) is 0 Å². The second-order valence-corrected chi connectivity index (χ2v) is 6.49. The molecule has 0 radical (unpaired) electrons. The Labute approximate surface area is 127 Å². The molecule has 0 bridgehead atoms. The van der Waals surface area contributed by atoms with Crippen molar-refractivity contribution >= 4 is 5.91 Å². The number of nitrogens with zero attached hydrogens (tertiary/aromatic N) is 1. The summed E-state index contributed by atoms with van der Waals surface area (Å²) in [7, 11) is 0. The molecule has 114 valence electrons. The van der Waals surface area contributed by atoms with Crippen LogP contribution < -0.4 is 5.32 Å². The molecular weight excluding hydrogens is 260 g/mol. The summed E-state index contributed by atoms with van der Waals surface area (Å²) < 4.78 is 0. The van der Waals surface area contributed by atoms with E-state index in [0.29, 0.717) is 24.4 Å². The van der Waals surface area contributed by atoms with Gasteiger partial charge in [0, 0.05) is 25.0 Å². The Morgan fingerprint density at radius 1 is 1.33 bits per heavy atom. The number of carbonyl (C=O) groups excluding carboxylic acids is 1. The van der Waals surface area contributed by atoms with Crippen molar-refractivity contribution in [1.82, 2.24) is 10.2 Å². The molecule has 21 heavy (non-hydrogen) atoms.